The fourth-order valence-electron chi connectivity index (χ4n) is 2.53. The second kappa shape index (κ2) is 5.14. The maximum absolute atomic E-state index is 5.42. The van der Waals surface area contributed by atoms with Crippen LogP contribution in [0.15, 0.2) is 36.7 Å². The Morgan fingerprint density at radius 3 is 2.67 bits per heavy atom. The molecule has 21 heavy (non-hydrogen) atoms. The average Bonchev–Trinajstić information content (AvgIpc) is 3.04. The van der Waals surface area contributed by atoms with Crippen LogP contribution in [0.1, 0.15) is 0 Å². The highest BCUT2D eigenvalue weighted by Crippen LogP contribution is 2.25. The van der Waals surface area contributed by atoms with E-state index >= 15 is 0 Å². The quantitative estimate of drug-likeness (QED) is 0.776. The Labute approximate surface area is 121 Å². The largest absolute Gasteiger partial charge is 0.378 e. The molecule has 1 aromatic carbocycles. The van der Waals surface area contributed by atoms with E-state index in [2.05, 4.69) is 19.9 Å². The summed E-state index contributed by atoms with van der Waals surface area (Å²) in [5.41, 5.74) is 2.59. The highest BCUT2D eigenvalue weighted by Gasteiger charge is 2.19. The van der Waals surface area contributed by atoms with Crippen molar-refractivity contribution in [2.45, 2.75) is 0 Å². The van der Waals surface area contributed by atoms with E-state index < -0.39 is 0 Å². The Balaban J connectivity index is 1.86. The van der Waals surface area contributed by atoms with E-state index in [0.29, 0.717) is 5.82 Å². The molecule has 3 heterocycles. The zero-order valence-electron chi connectivity index (χ0n) is 11.5. The van der Waals surface area contributed by atoms with Crippen molar-refractivity contribution >= 4 is 17.0 Å². The first-order valence-electron chi connectivity index (χ1n) is 7.01. The van der Waals surface area contributed by atoms with E-state index in [4.69, 9.17) is 9.72 Å². The van der Waals surface area contributed by atoms with Crippen molar-refractivity contribution in [3.05, 3.63) is 36.7 Å². The van der Waals surface area contributed by atoms with Gasteiger partial charge in [-0.2, -0.15) is 0 Å². The number of imidazole rings is 1. The molecule has 1 N–H and O–H groups in total. The van der Waals surface area contributed by atoms with Crippen LogP contribution in [0.25, 0.3) is 22.6 Å². The van der Waals surface area contributed by atoms with Crippen LogP contribution in [-0.4, -0.2) is 46.2 Å². The summed E-state index contributed by atoms with van der Waals surface area (Å²) in [5.74, 6) is 1.59. The standard InChI is InChI=1S/C15H15N5O/c1-2-4-11(5-3-1)13-18-14-12(16-10-17-14)15(19-13)20-6-8-21-9-7-20/h1-5,10H,6-9H2,(H,16,17,18,19). The third-order valence-electron chi connectivity index (χ3n) is 3.60. The minimum Gasteiger partial charge on any atom is -0.378 e. The number of hydrogen-bond donors (Lipinski definition) is 1. The maximum atomic E-state index is 5.42. The zero-order valence-corrected chi connectivity index (χ0v) is 11.5. The Kier molecular flexibility index (Phi) is 3.01. The van der Waals surface area contributed by atoms with E-state index in [1.807, 2.05) is 30.3 Å². The van der Waals surface area contributed by atoms with Gasteiger partial charge in [0.15, 0.2) is 17.3 Å². The van der Waals surface area contributed by atoms with Crippen molar-refractivity contribution in [1.82, 2.24) is 19.9 Å². The van der Waals surface area contributed by atoms with Crippen molar-refractivity contribution in [1.29, 1.82) is 0 Å². The number of benzene rings is 1. The molecule has 1 fully saturated rings. The van der Waals surface area contributed by atoms with Gasteiger partial charge in [-0.3, -0.25) is 0 Å². The van der Waals surface area contributed by atoms with Crippen LogP contribution < -0.4 is 4.90 Å². The van der Waals surface area contributed by atoms with Crippen LogP contribution in [0.3, 0.4) is 0 Å². The van der Waals surface area contributed by atoms with E-state index in [1.54, 1.807) is 6.33 Å². The van der Waals surface area contributed by atoms with Crippen LogP contribution >= 0.6 is 0 Å². The number of hydrogen-bond acceptors (Lipinski definition) is 5. The van der Waals surface area contributed by atoms with Gasteiger partial charge in [0.2, 0.25) is 0 Å². The number of ether oxygens (including phenoxy) is 1. The summed E-state index contributed by atoms with van der Waals surface area (Å²) in [6, 6.07) is 10.00. The topological polar surface area (TPSA) is 66.9 Å². The minimum atomic E-state index is 0.717. The lowest BCUT2D eigenvalue weighted by Gasteiger charge is -2.28. The summed E-state index contributed by atoms with van der Waals surface area (Å²) in [5, 5.41) is 0. The number of H-pyrrole nitrogens is 1. The summed E-state index contributed by atoms with van der Waals surface area (Å²) in [4.78, 5) is 19.0. The molecule has 0 saturated carbocycles. The molecule has 1 aliphatic rings. The van der Waals surface area contributed by atoms with E-state index in [9.17, 15) is 0 Å². The number of aromatic amines is 1. The van der Waals surface area contributed by atoms with Crippen LogP contribution in [-0.2, 0) is 4.74 Å². The molecule has 106 valence electrons. The number of anilines is 1. The predicted octanol–water partition coefficient (Wildman–Crippen LogP) is 1.86. The number of nitrogens with zero attached hydrogens (tertiary/aromatic N) is 4. The first-order valence-corrected chi connectivity index (χ1v) is 7.01. The van der Waals surface area contributed by atoms with Gasteiger partial charge in [-0.05, 0) is 0 Å². The number of nitrogens with one attached hydrogen (secondary N) is 1. The van der Waals surface area contributed by atoms with Gasteiger partial charge in [0, 0.05) is 18.7 Å². The lowest BCUT2D eigenvalue weighted by Crippen LogP contribution is -2.37. The molecule has 0 amide bonds. The molecule has 0 bridgehead atoms. The Bertz CT molecular complexity index is 749. The van der Waals surface area contributed by atoms with Crippen LogP contribution in [0.2, 0.25) is 0 Å². The van der Waals surface area contributed by atoms with E-state index in [-0.39, 0.29) is 0 Å². The Morgan fingerprint density at radius 1 is 1.05 bits per heavy atom. The van der Waals surface area contributed by atoms with Gasteiger partial charge in [-0.25, -0.2) is 15.0 Å². The van der Waals surface area contributed by atoms with E-state index in [0.717, 1.165) is 48.8 Å². The van der Waals surface area contributed by atoms with Crippen molar-refractivity contribution in [3.8, 4) is 11.4 Å². The number of aromatic nitrogens is 4. The normalized spacial score (nSPS) is 15.5. The number of morpholine rings is 1. The van der Waals surface area contributed by atoms with Gasteiger partial charge in [0.25, 0.3) is 0 Å². The second-order valence-corrected chi connectivity index (χ2v) is 4.94. The Morgan fingerprint density at radius 2 is 1.86 bits per heavy atom. The molecule has 0 aliphatic carbocycles. The van der Waals surface area contributed by atoms with Gasteiger partial charge < -0.3 is 14.6 Å². The summed E-state index contributed by atoms with van der Waals surface area (Å²) >= 11 is 0. The van der Waals surface area contributed by atoms with Crippen molar-refractivity contribution in [3.63, 3.8) is 0 Å². The highest BCUT2D eigenvalue weighted by molar-refractivity contribution is 5.85. The number of fused-ring (bicyclic) bond motifs is 1. The average molecular weight is 281 g/mol. The van der Waals surface area contributed by atoms with Crippen LogP contribution in [0.5, 0.6) is 0 Å². The predicted molar refractivity (Wildman–Crippen MR) is 80.2 cm³/mol. The van der Waals surface area contributed by atoms with Crippen LogP contribution in [0, 0.1) is 0 Å². The molecular weight excluding hydrogens is 266 g/mol. The first kappa shape index (κ1) is 12.3. The Hall–Kier alpha value is -2.47. The molecule has 1 saturated heterocycles. The molecule has 0 atom stereocenters. The SMILES string of the molecule is c1ccc(-c2nc(N3CCOCC3)c3nc[nH]c3n2)cc1. The number of rotatable bonds is 2. The molecule has 6 nitrogen and oxygen atoms in total. The van der Waals surface area contributed by atoms with Crippen molar-refractivity contribution in [2.24, 2.45) is 0 Å². The van der Waals surface area contributed by atoms with Gasteiger partial charge >= 0.3 is 0 Å². The first-order chi connectivity index (χ1) is 10.4. The molecule has 0 unspecified atom stereocenters. The summed E-state index contributed by atoms with van der Waals surface area (Å²) in [6.07, 6.45) is 1.66. The minimum absolute atomic E-state index is 0.717. The van der Waals surface area contributed by atoms with Gasteiger partial charge in [-0.15, -0.1) is 0 Å². The smallest absolute Gasteiger partial charge is 0.164 e. The summed E-state index contributed by atoms with van der Waals surface area (Å²) < 4.78 is 5.42. The molecule has 4 rings (SSSR count). The molecule has 0 radical (unpaired) electrons. The third-order valence-corrected chi connectivity index (χ3v) is 3.60. The molecule has 1 aliphatic heterocycles. The van der Waals surface area contributed by atoms with Crippen LogP contribution in [0.4, 0.5) is 5.82 Å². The zero-order chi connectivity index (χ0) is 14.1. The molecule has 0 spiro atoms. The molecule has 2 aromatic heterocycles. The van der Waals surface area contributed by atoms with E-state index in [1.165, 1.54) is 0 Å². The fraction of sp³-hybridized carbons (Fsp3) is 0.267. The lowest BCUT2D eigenvalue weighted by molar-refractivity contribution is 0.122. The molecule has 3 aromatic rings. The van der Waals surface area contributed by atoms with Crippen molar-refractivity contribution < 1.29 is 4.74 Å². The maximum Gasteiger partial charge on any atom is 0.164 e. The highest BCUT2D eigenvalue weighted by atomic mass is 16.5. The van der Waals surface area contributed by atoms with Gasteiger partial charge in [0.1, 0.15) is 5.52 Å². The summed E-state index contributed by atoms with van der Waals surface area (Å²) in [7, 11) is 0. The van der Waals surface area contributed by atoms with Crippen molar-refractivity contribution in [2.75, 3.05) is 31.2 Å². The monoisotopic (exact) mass is 281 g/mol. The second-order valence-electron chi connectivity index (χ2n) is 4.94. The molecule has 6 heteroatoms. The van der Waals surface area contributed by atoms with Gasteiger partial charge in [0.05, 0.1) is 19.5 Å². The lowest BCUT2D eigenvalue weighted by atomic mass is 10.2. The fourth-order valence-corrected chi connectivity index (χ4v) is 2.53. The third kappa shape index (κ3) is 2.23. The summed E-state index contributed by atoms with van der Waals surface area (Å²) in [6.45, 7) is 3.09. The van der Waals surface area contributed by atoms with Gasteiger partial charge in [-0.1, -0.05) is 30.3 Å². The molecular formula is C15H15N5O.